The van der Waals surface area contributed by atoms with Crippen LogP contribution in [0.3, 0.4) is 0 Å². The Morgan fingerprint density at radius 1 is 1.12 bits per heavy atom. The summed E-state index contributed by atoms with van der Waals surface area (Å²) in [5, 5.41) is 2.64. The number of halogens is 3. The van der Waals surface area contributed by atoms with E-state index in [9.17, 15) is 18.0 Å². The summed E-state index contributed by atoms with van der Waals surface area (Å²) in [6.45, 7) is 1.37. The van der Waals surface area contributed by atoms with Gasteiger partial charge in [-0.05, 0) is 75.2 Å². The normalized spacial score (nSPS) is 11.2. The summed E-state index contributed by atoms with van der Waals surface area (Å²) in [6.07, 6.45) is 0. The Labute approximate surface area is 217 Å². The molecule has 0 atom stereocenters. The molecule has 12 heteroatoms. The lowest BCUT2D eigenvalue weighted by atomic mass is 10.3. The molecule has 2 aromatic carbocycles. The molecule has 0 spiro atoms. The number of thiophene rings is 1. The van der Waals surface area contributed by atoms with E-state index < -0.39 is 28.5 Å². The highest BCUT2D eigenvalue weighted by Crippen LogP contribution is 2.33. The summed E-state index contributed by atoms with van der Waals surface area (Å²) in [4.78, 5) is 24.7. The van der Waals surface area contributed by atoms with Gasteiger partial charge < -0.3 is 10.1 Å². The third-order valence-electron chi connectivity index (χ3n) is 4.31. The lowest BCUT2D eigenvalue weighted by Gasteiger charge is -2.23. The zero-order valence-electron chi connectivity index (χ0n) is 17.0. The van der Waals surface area contributed by atoms with E-state index in [0.29, 0.717) is 15.0 Å². The second kappa shape index (κ2) is 11.0. The summed E-state index contributed by atoms with van der Waals surface area (Å²) in [6, 6.07) is 14.3. The van der Waals surface area contributed by atoms with Gasteiger partial charge in [0.2, 0.25) is 0 Å². The number of nitrogens with one attached hydrogen (secondary N) is 1. The van der Waals surface area contributed by atoms with E-state index in [1.807, 2.05) is 0 Å². The van der Waals surface area contributed by atoms with E-state index in [1.54, 1.807) is 43.3 Å². The molecule has 1 N–H and O–H groups in total. The first-order chi connectivity index (χ1) is 15.6. The van der Waals surface area contributed by atoms with Gasteiger partial charge in [0.25, 0.3) is 15.9 Å². The van der Waals surface area contributed by atoms with Crippen molar-refractivity contribution in [3.05, 3.63) is 72.8 Å². The van der Waals surface area contributed by atoms with Gasteiger partial charge in [0.1, 0.15) is 4.88 Å². The SMILES string of the molecule is CCN(c1ccccc1)S(=O)(=O)c1ccc(Cl)c(NC(=O)COC(=O)c2cc(Br)c(Br)s2)c1. The van der Waals surface area contributed by atoms with Crippen LogP contribution >= 0.6 is 54.8 Å². The molecule has 3 rings (SSSR count). The highest BCUT2D eigenvalue weighted by atomic mass is 79.9. The maximum Gasteiger partial charge on any atom is 0.348 e. The van der Waals surface area contributed by atoms with E-state index in [-0.39, 0.29) is 22.2 Å². The Bertz CT molecular complexity index is 1260. The van der Waals surface area contributed by atoms with Crippen LogP contribution < -0.4 is 9.62 Å². The predicted molar refractivity (Wildman–Crippen MR) is 137 cm³/mol. The van der Waals surface area contributed by atoms with Crippen LogP contribution in [0.25, 0.3) is 0 Å². The standard InChI is InChI=1S/C21H17Br2ClN2O5S2/c1-2-26(13-6-4-3-5-7-13)33(29,30)14-8-9-16(24)17(10-14)25-19(27)12-31-21(28)18-11-15(22)20(23)32-18/h3-11H,2,12H2,1H3,(H,25,27). The van der Waals surface area contributed by atoms with Crippen LogP contribution in [0.2, 0.25) is 5.02 Å². The van der Waals surface area contributed by atoms with Gasteiger partial charge in [-0.15, -0.1) is 11.3 Å². The quantitative estimate of drug-likeness (QED) is 0.309. The predicted octanol–water partition coefficient (Wildman–Crippen LogP) is 5.94. The van der Waals surface area contributed by atoms with E-state index in [2.05, 4.69) is 37.2 Å². The number of carbonyl (C=O) groups excluding carboxylic acids is 2. The fourth-order valence-corrected chi connectivity index (χ4v) is 6.40. The molecule has 0 aliphatic heterocycles. The largest absolute Gasteiger partial charge is 0.451 e. The first-order valence-corrected chi connectivity index (χ1v) is 13.6. The molecule has 3 aromatic rings. The number of amides is 1. The van der Waals surface area contributed by atoms with Crippen molar-refractivity contribution in [1.82, 2.24) is 0 Å². The number of sulfonamides is 1. The fraction of sp³-hybridized carbons (Fsp3) is 0.143. The number of esters is 1. The minimum absolute atomic E-state index is 0.0433. The Morgan fingerprint density at radius 3 is 2.42 bits per heavy atom. The van der Waals surface area contributed by atoms with Crippen molar-refractivity contribution in [2.24, 2.45) is 0 Å². The molecule has 0 aliphatic rings. The van der Waals surface area contributed by atoms with Gasteiger partial charge in [-0.25, -0.2) is 13.2 Å². The molecule has 33 heavy (non-hydrogen) atoms. The molecule has 0 fully saturated rings. The number of hydrogen-bond acceptors (Lipinski definition) is 6. The Hall–Kier alpha value is -1.92. The Balaban J connectivity index is 1.74. The van der Waals surface area contributed by atoms with Crippen LogP contribution in [-0.4, -0.2) is 33.4 Å². The summed E-state index contributed by atoms with van der Waals surface area (Å²) in [7, 11) is -3.91. The van der Waals surface area contributed by atoms with Crippen molar-refractivity contribution >= 4 is 88.1 Å². The maximum atomic E-state index is 13.2. The number of ether oxygens (including phenoxy) is 1. The van der Waals surface area contributed by atoms with Crippen molar-refractivity contribution in [2.75, 3.05) is 22.8 Å². The smallest absolute Gasteiger partial charge is 0.348 e. The molecule has 1 aromatic heterocycles. The fourth-order valence-electron chi connectivity index (χ4n) is 2.81. The van der Waals surface area contributed by atoms with Crippen LogP contribution in [0.5, 0.6) is 0 Å². The highest BCUT2D eigenvalue weighted by molar-refractivity contribution is 9.13. The van der Waals surface area contributed by atoms with Crippen LogP contribution in [0, 0.1) is 0 Å². The van der Waals surface area contributed by atoms with Gasteiger partial charge in [0, 0.05) is 11.0 Å². The van der Waals surface area contributed by atoms with Crippen molar-refractivity contribution in [1.29, 1.82) is 0 Å². The third kappa shape index (κ3) is 6.15. The Morgan fingerprint density at radius 2 is 1.82 bits per heavy atom. The van der Waals surface area contributed by atoms with Crippen molar-refractivity contribution < 1.29 is 22.7 Å². The number of anilines is 2. The summed E-state index contributed by atoms with van der Waals surface area (Å²) in [5.74, 6) is -1.32. The van der Waals surface area contributed by atoms with Gasteiger partial charge in [0.05, 0.1) is 25.1 Å². The topological polar surface area (TPSA) is 92.8 Å². The van der Waals surface area contributed by atoms with E-state index >= 15 is 0 Å². The molecule has 0 saturated heterocycles. The molecule has 174 valence electrons. The van der Waals surface area contributed by atoms with Gasteiger partial charge in [-0.3, -0.25) is 9.10 Å². The van der Waals surface area contributed by atoms with Crippen LogP contribution in [0.15, 0.2) is 67.8 Å². The highest BCUT2D eigenvalue weighted by Gasteiger charge is 2.25. The molecular formula is C21H17Br2ClN2O5S2. The first-order valence-electron chi connectivity index (χ1n) is 9.42. The zero-order valence-corrected chi connectivity index (χ0v) is 22.6. The molecule has 1 heterocycles. The van der Waals surface area contributed by atoms with Crippen molar-refractivity contribution in [3.63, 3.8) is 0 Å². The minimum Gasteiger partial charge on any atom is -0.451 e. The van der Waals surface area contributed by atoms with Gasteiger partial charge >= 0.3 is 5.97 Å². The number of rotatable bonds is 8. The molecule has 0 bridgehead atoms. The molecule has 0 radical (unpaired) electrons. The molecule has 7 nitrogen and oxygen atoms in total. The second-order valence-corrected chi connectivity index (χ2v) is 12.0. The second-order valence-electron chi connectivity index (χ2n) is 6.50. The van der Waals surface area contributed by atoms with Crippen LogP contribution in [0.4, 0.5) is 11.4 Å². The van der Waals surface area contributed by atoms with Crippen molar-refractivity contribution in [2.45, 2.75) is 11.8 Å². The molecule has 1 amide bonds. The number of carbonyl (C=O) groups is 2. The molecule has 0 unspecified atom stereocenters. The zero-order chi connectivity index (χ0) is 24.2. The van der Waals surface area contributed by atoms with E-state index in [4.69, 9.17) is 16.3 Å². The van der Waals surface area contributed by atoms with Gasteiger partial charge in [-0.2, -0.15) is 0 Å². The monoisotopic (exact) mass is 634 g/mol. The van der Waals surface area contributed by atoms with E-state index in [0.717, 1.165) is 15.1 Å². The first kappa shape index (κ1) is 25.7. The molecular weight excluding hydrogens is 620 g/mol. The summed E-state index contributed by atoms with van der Waals surface area (Å²) < 4.78 is 34.1. The lowest BCUT2D eigenvalue weighted by Crippen LogP contribution is -2.30. The maximum absolute atomic E-state index is 13.2. The number of nitrogens with zero attached hydrogens (tertiary/aromatic N) is 1. The number of benzene rings is 2. The van der Waals surface area contributed by atoms with Gasteiger partial charge in [-0.1, -0.05) is 29.8 Å². The van der Waals surface area contributed by atoms with E-state index in [1.165, 1.54) is 22.5 Å². The van der Waals surface area contributed by atoms with Crippen molar-refractivity contribution in [3.8, 4) is 0 Å². The average Bonchev–Trinajstić information content (AvgIpc) is 3.13. The summed E-state index contributed by atoms with van der Waals surface area (Å²) >= 11 is 13.9. The third-order valence-corrected chi connectivity index (χ3v) is 9.78. The van der Waals surface area contributed by atoms with Gasteiger partial charge in [0.15, 0.2) is 6.61 Å². The minimum atomic E-state index is -3.91. The van der Waals surface area contributed by atoms with Crippen LogP contribution in [-0.2, 0) is 19.6 Å². The number of hydrogen-bond donors (Lipinski definition) is 1. The van der Waals surface area contributed by atoms with Crippen LogP contribution in [0.1, 0.15) is 16.6 Å². The number of para-hydroxylation sites is 1. The average molecular weight is 637 g/mol. The lowest BCUT2D eigenvalue weighted by molar-refractivity contribution is -0.119. The summed E-state index contributed by atoms with van der Waals surface area (Å²) in [5.41, 5.74) is 0.601. The molecule has 0 saturated carbocycles. The molecule has 0 aliphatic carbocycles. The Kier molecular flexibility index (Phi) is 8.57.